The normalized spacial score (nSPS) is 13.0. The van der Waals surface area contributed by atoms with Crippen LogP contribution in [0, 0.1) is 5.82 Å². The van der Waals surface area contributed by atoms with E-state index in [1.54, 1.807) is 66.6 Å². The highest BCUT2D eigenvalue weighted by Gasteiger charge is 2.24. The minimum absolute atomic E-state index is 0.188. The molecule has 1 aliphatic heterocycles. The summed E-state index contributed by atoms with van der Waals surface area (Å²) in [4.78, 5) is 29.4. The number of carbonyl (C=O) groups is 2. The average Bonchev–Trinajstić information content (AvgIpc) is 3.01. The van der Waals surface area contributed by atoms with Crippen molar-refractivity contribution < 1.29 is 23.5 Å². The lowest BCUT2D eigenvalue weighted by Crippen LogP contribution is -2.49. The Hall–Kier alpha value is -4.99. The molecule has 1 aromatic heterocycles. The molecule has 1 fully saturated rings. The molecule has 210 valence electrons. The van der Waals surface area contributed by atoms with Gasteiger partial charge in [-0.1, -0.05) is 18.2 Å². The van der Waals surface area contributed by atoms with Crippen LogP contribution in [0.25, 0.3) is 11.1 Å². The molecule has 1 saturated heterocycles. The van der Waals surface area contributed by atoms with E-state index in [9.17, 15) is 9.59 Å². The number of carbonyl (C=O) groups excluding carboxylic acids is 2. The van der Waals surface area contributed by atoms with Crippen LogP contribution < -0.4 is 19.7 Å². The number of amides is 2. The number of aromatic nitrogens is 2. The average molecular weight is 556 g/mol. The van der Waals surface area contributed by atoms with Gasteiger partial charge in [0, 0.05) is 43.0 Å². The molecule has 2 heterocycles. The van der Waals surface area contributed by atoms with Crippen molar-refractivity contribution >= 4 is 23.3 Å². The van der Waals surface area contributed by atoms with E-state index in [-0.39, 0.29) is 17.5 Å². The highest BCUT2D eigenvalue weighted by molar-refractivity contribution is 6.02. The van der Waals surface area contributed by atoms with Crippen LogP contribution in [0.2, 0.25) is 0 Å². The predicted molar refractivity (Wildman–Crippen MR) is 154 cm³/mol. The van der Waals surface area contributed by atoms with E-state index in [4.69, 9.17) is 9.47 Å². The maximum Gasteiger partial charge on any atom is 0.276 e. The summed E-state index contributed by atoms with van der Waals surface area (Å²) in [5, 5.41) is 11.1. The molecule has 0 bridgehead atoms. The van der Waals surface area contributed by atoms with Crippen molar-refractivity contribution in [2.75, 3.05) is 50.1 Å². The number of halogens is 1. The Labute approximate surface area is 237 Å². The lowest BCUT2D eigenvalue weighted by molar-refractivity contribution is 0.0745. The number of anilines is 2. The molecule has 3 aromatic carbocycles. The van der Waals surface area contributed by atoms with Gasteiger partial charge < -0.3 is 24.6 Å². The maximum absolute atomic E-state index is 15.0. The molecule has 0 atom stereocenters. The third kappa shape index (κ3) is 6.43. The first kappa shape index (κ1) is 27.6. The highest BCUT2D eigenvalue weighted by atomic mass is 19.1. The molecule has 10 heteroatoms. The summed E-state index contributed by atoms with van der Waals surface area (Å²) >= 11 is 0. The number of methoxy groups -OCH3 is 1. The third-order valence-electron chi connectivity index (χ3n) is 6.79. The molecule has 0 radical (unpaired) electrons. The van der Waals surface area contributed by atoms with Gasteiger partial charge in [-0.2, -0.15) is 0 Å². The van der Waals surface area contributed by atoms with E-state index >= 15 is 4.39 Å². The van der Waals surface area contributed by atoms with Gasteiger partial charge >= 0.3 is 0 Å². The van der Waals surface area contributed by atoms with Crippen molar-refractivity contribution in [2.45, 2.75) is 6.92 Å². The molecule has 1 N–H and O–H groups in total. The smallest absolute Gasteiger partial charge is 0.276 e. The van der Waals surface area contributed by atoms with Gasteiger partial charge in [0.2, 0.25) is 0 Å². The van der Waals surface area contributed by atoms with E-state index in [1.807, 2.05) is 30.0 Å². The molecule has 0 aliphatic carbocycles. The fourth-order valence-electron chi connectivity index (χ4n) is 4.61. The van der Waals surface area contributed by atoms with Gasteiger partial charge in [0.05, 0.1) is 13.7 Å². The SMILES string of the molecule is CCOc1cccc(-c2ccc(C(=O)N3CCN(c4ccc(C(=O)Nc5ccc(OC)cc5)nn4)CC3)cc2F)c1. The Bertz CT molecular complexity index is 1520. The summed E-state index contributed by atoms with van der Waals surface area (Å²) in [6.45, 7) is 4.36. The Morgan fingerprint density at radius 3 is 2.34 bits per heavy atom. The number of hydrogen-bond donors (Lipinski definition) is 1. The van der Waals surface area contributed by atoms with E-state index in [1.165, 1.54) is 6.07 Å². The number of nitrogens with zero attached hydrogens (tertiary/aromatic N) is 4. The Morgan fingerprint density at radius 2 is 1.68 bits per heavy atom. The molecular weight excluding hydrogens is 525 g/mol. The van der Waals surface area contributed by atoms with Gasteiger partial charge in [0.1, 0.15) is 17.3 Å². The summed E-state index contributed by atoms with van der Waals surface area (Å²) < 4.78 is 25.7. The summed E-state index contributed by atoms with van der Waals surface area (Å²) in [5.41, 5.74) is 2.20. The molecule has 0 spiro atoms. The van der Waals surface area contributed by atoms with Crippen molar-refractivity contribution in [1.82, 2.24) is 15.1 Å². The molecule has 4 aromatic rings. The third-order valence-corrected chi connectivity index (χ3v) is 6.79. The van der Waals surface area contributed by atoms with Crippen LogP contribution in [0.4, 0.5) is 15.9 Å². The second-order valence-electron chi connectivity index (χ2n) is 9.39. The lowest BCUT2D eigenvalue weighted by Gasteiger charge is -2.35. The van der Waals surface area contributed by atoms with Crippen LogP contribution in [0.15, 0.2) is 78.9 Å². The van der Waals surface area contributed by atoms with Crippen LogP contribution >= 0.6 is 0 Å². The molecule has 0 unspecified atom stereocenters. The fraction of sp³-hybridized carbons (Fsp3) is 0.226. The minimum atomic E-state index is -0.463. The summed E-state index contributed by atoms with van der Waals surface area (Å²) in [6.07, 6.45) is 0. The Balaban J connectivity index is 1.17. The topological polar surface area (TPSA) is 96.9 Å². The molecule has 41 heavy (non-hydrogen) atoms. The number of benzene rings is 3. The van der Waals surface area contributed by atoms with Gasteiger partial charge in [-0.3, -0.25) is 9.59 Å². The largest absolute Gasteiger partial charge is 0.497 e. The van der Waals surface area contributed by atoms with Crippen LogP contribution in [0.5, 0.6) is 11.5 Å². The van der Waals surface area contributed by atoms with Crippen molar-refractivity contribution in [3.8, 4) is 22.6 Å². The molecule has 5 rings (SSSR count). The monoisotopic (exact) mass is 555 g/mol. The van der Waals surface area contributed by atoms with Crippen molar-refractivity contribution in [2.24, 2.45) is 0 Å². The maximum atomic E-state index is 15.0. The fourth-order valence-corrected chi connectivity index (χ4v) is 4.61. The predicted octanol–water partition coefficient (Wildman–Crippen LogP) is 4.90. The van der Waals surface area contributed by atoms with Crippen LogP contribution in [-0.2, 0) is 0 Å². The van der Waals surface area contributed by atoms with Crippen LogP contribution in [0.1, 0.15) is 27.8 Å². The van der Waals surface area contributed by atoms with E-state index < -0.39 is 5.82 Å². The van der Waals surface area contributed by atoms with Gasteiger partial charge in [0.25, 0.3) is 11.8 Å². The molecular formula is C31H30FN5O4. The van der Waals surface area contributed by atoms with Gasteiger partial charge in [-0.25, -0.2) is 4.39 Å². The minimum Gasteiger partial charge on any atom is -0.497 e. The lowest BCUT2D eigenvalue weighted by atomic mass is 10.0. The first-order valence-electron chi connectivity index (χ1n) is 13.3. The second kappa shape index (κ2) is 12.5. The molecule has 1 aliphatic rings. The van der Waals surface area contributed by atoms with Crippen LogP contribution in [-0.4, -0.2) is 66.8 Å². The second-order valence-corrected chi connectivity index (χ2v) is 9.39. The van der Waals surface area contributed by atoms with Crippen LogP contribution in [0.3, 0.4) is 0 Å². The number of hydrogen-bond acceptors (Lipinski definition) is 7. The zero-order valence-electron chi connectivity index (χ0n) is 22.8. The first-order valence-corrected chi connectivity index (χ1v) is 13.3. The quantitative estimate of drug-likeness (QED) is 0.330. The molecule has 2 amide bonds. The summed E-state index contributed by atoms with van der Waals surface area (Å²) in [5.74, 6) is 0.911. The number of ether oxygens (including phenoxy) is 2. The van der Waals surface area contributed by atoms with Gasteiger partial charge in [-0.05, 0) is 73.2 Å². The van der Waals surface area contributed by atoms with E-state index in [2.05, 4.69) is 15.5 Å². The first-order chi connectivity index (χ1) is 19.9. The summed E-state index contributed by atoms with van der Waals surface area (Å²) in [7, 11) is 1.58. The molecule has 9 nitrogen and oxygen atoms in total. The zero-order valence-corrected chi connectivity index (χ0v) is 22.8. The van der Waals surface area contributed by atoms with Crippen molar-refractivity contribution in [3.05, 3.63) is 95.9 Å². The number of rotatable bonds is 8. The number of piperazine rings is 1. The van der Waals surface area contributed by atoms with E-state index in [0.717, 1.165) is 0 Å². The van der Waals surface area contributed by atoms with Crippen molar-refractivity contribution in [3.63, 3.8) is 0 Å². The number of nitrogens with one attached hydrogen (secondary N) is 1. The van der Waals surface area contributed by atoms with Gasteiger partial charge in [-0.15, -0.1) is 10.2 Å². The Morgan fingerprint density at radius 1 is 0.902 bits per heavy atom. The molecule has 0 saturated carbocycles. The summed E-state index contributed by atoms with van der Waals surface area (Å²) in [6, 6.07) is 22.1. The Kier molecular flexibility index (Phi) is 8.38. The zero-order chi connectivity index (χ0) is 28.8. The van der Waals surface area contributed by atoms with Gasteiger partial charge in [0.15, 0.2) is 11.5 Å². The highest BCUT2D eigenvalue weighted by Crippen LogP contribution is 2.28. The van der Waals surface area contributed by atoms with E-state index in [0.29, 0.717) is 72.5 Å². The standard InChI is InChI=1S/C31H30FN5O4/c1-3-41-25-6-4-5-21(19-25)26-12-7-22(20-27(26)32)31(39)37-17-15-36(16-18-37)29-14-13-28(34-35-29)30(38)33-23-8-10-24(40-2)11-9-23/h4-14,19-20H,3,15-18H2,1-2H3,(H,33,38). The van der Waals surface area contributed by atoms with Crippen molar-refractivity contribution in [1.29, 1.82) is 0 Å².